The molecule has 3 rings (SSSR count). The van der Waals surface area contributed by atoms with Crippen LogP contribution in [0.25, 0.3) is 0 Å². The van der Waals surface area contributed by atoms with Gasteiger partial charge in [0.2, 0.25) is 15.9 Å². The van der Waals surface area contributed by atoms with Crippen LogP contribution in [0.5, 0.6) is 0 Å². The predicted octanol–water partition coefficient (Wildman–Crippen LogP) is 3.72. The van der Waals surface area contributed by atoms with Crippen LogP contribution >= 0.6 is 11.8 Å². The third kappa shape index (κ3) is 4.11. The summed E-state index contributed by atoms with van der Waals surface area (Å²) in [6.07, 6.45) is 0.424. The van der Waals surface area contributed by atoms with Crippen molar-refractivity contribution in [2.24, 2.45) is 0 Å². The highest BCUT2D eigenvalue weighted by Crippen LogP contribution is 2.33. The molecule has 0 radical (unpaired) electrons. The van der Waals surface area contributed by atoms with Crippen LogP contribution in [-0.2, 0) is 21.4 Å². The Hall–Kier alpha value is -1.83. The van der Waals surface area contributed by atoms with Crippen molar-refractivity contribution in [2.75, 3.05) is 11.1 Å². The minimum atomic E-state index is -3.69. The molecule has 1 heterocycles. The predicted molar refractivity (Wildman–Crippen MR) is 105 cm³/mol. The summed E-state index contributed by atoms with van der Waals surface area (Å²) >= 11 is 1.56. The molecule has 0 spiro atoms. The second-order valence-electron chi connectivity index (χ2n) is 6.43. The first-order valence-corrected chi connectivity index (χ1v) is 10.9. The summed E-state index contributed by atoms with van der Waals surface area (Å²) in [5.74, 6) is 0.604. The highest BCUT2D eigenvalue weighted by Gasteiger charge is 2.28. The van der Waals surface area contributed by atoms with Crippen LogP contribution in [-0.4, -0.2) is 30.4 Å². The van der Waals surface area contributed by atoms with Crippen molar-refractivity contribution in [3.8, 4) is 0 Å². The summed E-state index contributed by atoms with van der Waals surface area (Å²) in [6.45, 7) is 4.03. The summed E-state index contributed by atoms with van der Waals surface area (Å²) in [7, 11) is -3.69. The zero-order chi connectivity index (χ0) is 18.7. The molecule has 1 N–H and O–H groups in total. The number of anilines is 1. The third-order valence-corrected chi connectivity index (χ3v) is 7.27. The van der Waals surface area contributed by atoms with Crippen LogP contribution in [0, 0.1) is 0 Å². The van der Waals surface area contributed by atoms with E-state index in [1.54, 1.807) is 30.0 Å². The molecular formula is C19H22N2O3S2. The van der Waals surface area contributed by atoms with Crippen molar-refractivity contribution in [1.29, 1.82) is 0 Å². The molecule has 0 saturated heterocycles. The van der Waals surface area contributed by atoms with E-state index in [-0.39, 0.29) is 16.8 Å². The lowest BCUT2D eigenvalue weighted by atomic mass is 10.2. The summed E-state index contributed by atoms with van der Waals surface area (Å²) in [4.78, 5) is 12.9. The minimum absolute atomic E-state index is 0.0872. The van der Waals surface area contributed by atoms with E-state index < -0.39 is 10.0 Å². The summed E-state index contributed by atoms with van der Waals surface area (Å²) in [5, 5.41) is 2.81. The molecule has 0 aromatic heterocycles. The van der Waals surface area contributed by atoms with Crippen LogP contribution in [0.4, 0.5) is 5.69 Å². The standard InChI is InChI=1S/C19H22N2O3S2/c1-14(2)21(13-15-6-4-3-5-7-15)26(23,24)16-8-9-18-17(12-16)20-19(22)10-11-25-18/h3-9,12,14H,10-11,13H2,1-2H3,(H,20,22). The first kappa shape index (κ1) is 18.9. The van der Waals surface area contributed by atoms with Crippen molar-refractivity contribution in [3.05, 3.63) is 54.1 Å². The smallest absolute Gasteiger partial charge is 0.243 e. The van der Waals surface area contributed by atoms with Gasteiger partial charge in [-0.15, -0.1) is 11.8 Å². The molecule has 0 bridgehead atoms. The van der Waals surface area contributed by atoms with Gasteiger partial charge in [0, 0.05) is 29.7 Å². The Morgan fingerprint density at radius 2 is 1.88 bits per heavy atom. The van der Waals surface area contributed by atoms with E-state index >= 15 is 0 Å². The van der Waals surface area contributed by atoms with Crippen LogP contribution in [0.3, 0.4) is 0 Å². The molecule has 0 unspecified atom stereocenters. The van der Waals surface area contributed by atoms with Gasteiger partial charge in [-0.1, -0.05) is 30.3 Å². The molecule has 1 amide bonds. The monoisotopic (exact) mass is 390 g/mol. The maximum absolute atomic E-state index is 13.2. The number of carbonyl (C=O) groups excluding carboxylic acids is 1. The number of nitrogens with one attached hydrogen (secondary N) is 1. The highest BCUT2D eigenvalue weighted by atomic mass is 32.2. The molecule has 2 aromatic rings. The number of rotatable bonds is 5. The SMILES string of the molecule is CC(C)N(Cc1ccccc1)S(=O)(=O)c1ccc2c(c1)NC(=O)CCS2. The Kier molecular flexibility index (Phi) is 5.70. The van der Waals surface area contributed by atoms with Crippen LogP contribution in [0.15, 0.2) is 58.3 Å². The van der Waals surface area contributed by atoms with Gasteiger partial charge in [0.15, 0.2) is 0 Å². The van der Waals surface area contributed by atoms with Gasteiger partial charge < -0.3 is 5.32 Å². The van der Waals surface area contributed by atoms with Gasteiger partial charge in [-0.05, 0) is 37.6 Å². The molecule has 7 heteroatoms. The van der Waals surface area contributed by atoms with E-state index in [1.165, 1.54) is 4.31 Å². The minimum Gasteiger partial charge on any atom is -0.325 e. The van der Waals surface area contributed by atoms with E-state index in [0.717, 1.165) is 10.5 Å². The number of sulfonamides is 1. The number of benzene rings is 2. The van der Waals surface area contributed by atoms with Crippen molar-refractivity contribution in [2.45, 2.75) is 42.6 Å². The second kappa shape index (κ2) is 7.82. The van der Waals surface area contributed by atoms with Gasteiger partial charge in [0.1, 0.15) is 0 Å². The number of hydrogen-bond acceptors (Lipinski definition) is 4. The van der Waals surface area contributed by atoms with Gasteiger partial charge in [0.05, 0.1) is 10.6 Å². The van der Waals surface area contributed by atoms with Gasteiger partial charge in [0.25, 0.3) is 0 Å². The quantitative estimate of drug-likeness (QED) is 0.845. The molecular weight excluding hydrogens is 368 g/mol. The topological polar surface area (TPSA) is 66.5 Å². The maximum atomic E-state index is 13.2. The van der Waals surface area contributed by atoms with E-state index in [1.807, 2.05) is 44.2 Å². The van der Waals surface area contributed by atoms with Crippen molar-refractivity contribution < 1.29 is 13.2 Å². The fourth-order valence-electron chi connectivity index (χ4n) is 2.80. The highest BCUT2D eigenvalue weighted by molar-refractivity contribution is 7.99. The van der Waals surface area contributed by atoms with E-state index in [0.29, 0.717) is 24.4 Å². The molecule has 1 aliphatic heterocycles. The Labute approximate surface area is 158 Å². The Bertz CT molecular complexity index is 896. The molecule has 1 aliphatic rings. The summed E-state index contributed by atoms with van der Waals surface area (Å²) in [6, 6.07) is 14.3. The molecule has 0 aliphatic carbocycles. The Morgan fingerprint density at radius 1 is 1.15 bits per heavy atom. The third-order valence-electron chi connectivity index (χ3n) is 4.18. The van der Waals surface area contributed by atoms with Gasteiger partial charge in [-0.2, -0.15) is 4.31 Å². The van der Waals surface area contributed by atoms with E-state index in [2.05, 4.69) is 5.32 Å². The van der Waals surface area contributed by atoms with Crippen LogP contribution in [0.2, 0.25) is 0 Å². The second-order valence-corrected chi connectivity index (χ2v) is 9.46. The summed E-state index contributed by atoms with van der Waals surface area (Å²) < 4.78 is 28.0. The first-order chi connectivity index (χ1) is 12.4. The molecule has 5 nitrogen and oxygen atoms in total. The number of carbonyl (C=O) groups is 1. The van der Waals surface area contributed by atoms with Gasteiger partial charge in [-0.25, -0.2) is 8.42 Å². The summed E-state index contributed by atoms with van der Waals surface area (Å²) in [5.41, 5.74) is 1.50. The largest absolute Gasteiger partial charge is 0.325 e. The molecule has 2 aromatic carbocycles. The number of amides is 1. The average molecular weight is 391 g/mol. The zero-order valence-electron chi connectivity index (χ0n) is 14.8. The fraction of sp³-hybridized carbons (Fsp3) is 0.316. The number of hydrogen-bond donors (Lipinski definition) is 1. The number of fused-ring (bicyclic) bond motifs is 1. The van der Waals surface area contributed by atoms with Gasteiger partial charge >= 0.3 is 0 Å². The Morgan fingerprint density at radius 3 is 2.58 bits per heavy atom. The number of nitrogens with zero attached hydrogens (tertiary/aromatic N) is 1. The van der Waals surface area contributed by atoms with E-state index in [9.17, 15) is 13.2 Å². The lowest BCUT2D eigenvalue weighted by Crippen LogP contribution is -2.36. The van der Waals surface area contributed by atoms with E-state index in [4.69, 9.17) is 0 Å². The molecule has 26 heavy (non-hydrogen) atoms. The first-order valence-electron chi connectivity index (χ1n) is 8.50. The fourth-order valence-corrected chi connectivity index (χ4v) is 5.39. The van der Waals surface area contributed by atoms with Crippen LogP contribution < -0.4 is 5.32 Å². The average Bonchev–Trinajstić information content (AvgIpc) is 2.80. The zero-order valence-corrected chi connectivity index (χ0v) is 16.4. The van der Waals surface area contributed by atoms with Crippen molar-refractivity contribution in [3.63, 3.8) is 0 Å². The lowest BCUT2D eigenvalue weighted by molar-refractivity contribution is -0.115. The molecule has 0 atom stereocenters. The molecule has 0 saturated carbocycles. The normalized spacial score (nSPS) is 14.8. The molecule has 138 valence electrons. The Balaban J connectivity index is 1.96. The number of thioether (sulfide) groups is 1. The molecule has 0 fully saturated rings. The van der Waals surface area contributed by atoms with Crippen molar-refractivity contribution >= 4 is 33.4 Å². The van der Waals surface area contributed by atoms with Crippen molar-refractivity contribution in [1.82, 2.24) is 4.31 Å². The maximum Gasteiger partial charge on any atom is 0.243 e. The van der Waals surface area contributed by atoms with Gasteiger partial charge in [-0.3, -0.25) is 4.79 Å². The lowest BCUT2D eigenvalue weighted by Gasteiger charge is -2.26. The van der Waals surface area contributed by atoms with Crippen LogP contribution in [0.1, 0.15) is 25.8 Å².